The van der Waals surface area contributed by atoms with E-state index in [2.05, 4.69) is 15.3 Å². The molecule has 40 heavy (non-hydrogen) atoms. The van der Waals surface area contributed by atoms with Crippen molar-refractivity contribution >= 4 is 24.1 Å². The normalized spacial score (nSPS) is 27.9. The Balaban J connectivity index is 1.70. The Bertz CT molecular complexity index is 1020. The molecule has 2 aliphatic carbocycles. The third-order valence-electron chi connectivity index (χ3n) is 7.94. The van der Waals surface area contributed by atoms with Crippen LogP contribution in [0.2, 0.25) is 0 Å². The van der Waals surface area contributed by atoms with E-state index >= 15 is 0 Å². The number of cyclic esters (lactones) is 2. The first kappa shape index (κ1) is 29.3. The lowest BCUT2D eigenvalue weighted by molar-refractivity contribution is -0.148. The fourth-order valence-corrected chi connectivity index (χ4v) is 6.12. The van der Waals surface area contributed by atoms with E-state index in [1.54, 1.807) is 0 Å². The van der Waals surface area contributed by atoms with Crippen molar-refractivity contribution in [3.8, 4) is 0 Å². The van der Waals surface area contributed by atoms with Crippen LogP contribution in [0, 0.1) is 0 Å². The number of esters is 1. The van der Waals surface area contributed by atoms with Gasteiger partial charge in [0.1, 0.15) is 6.61 Å². The summed E-state index contributed by atoms with van der Waals surface area (Å²) < 4.78 is 27.2. The predicted molar refractivity (Wildman–Crippen MR) is 138 cm³/mol. The first-order chi connectivity index (χ1) is 19.3. The summed E-state index contributed by atoms with van der Waals surface area (Å²) in [5, 5.41) is 6.41. The van der Waals surface area contributed by atoms with E-state index in [0.29, 0.717) is 0 Å². The smallest absolute Gasteiger partial charge is 0.477 e. The van der Waals surface area contributed by atoms with Crippen LogP contribution in [0.3, 0.4) is 0 Å². The van der Waals surface area contributed by atoms with Crippen LogP contribution >= 0.6 is 0 Å². The van der Waals surface area contributed by atoms with Crippen molar-refractivity contribution in [1.29, 1.82) is 0 Å². The minimum Gasteiger partial charge on any atom is -0.477 e. The highest BCUT2D eigenvalue weighted by molar-refractivity contribution is 5.86. The molecule has 1 N–H and O–H groups in total. The number of azide groups is 1. The molecule has 0 radical (unpaired) electrons. The first-order valence-corrected chi connectivity index (χ1v) is 13.9. The summed E-state index contributed by atoms with van der Waals surface area (Å²) in [5.41, 5.74) is 9.21. The molecule has 2 heterocycles. The number of nitrogens with one attached hydrogen (secondary N) is 1. The standard InChI is InChI=1S/C26H37N5O9/c1-15(32)28-21-18(29-30-27)13-19(24(33)36-2)38-23(21)22(20-14-37-26(35)39-20)40-25(34)31(16-9-5-3-6-10-16)17-11-7-4-8-12-17/h13,16-18,20-23H,3-12,14H2,1-2H3,(H,28,32)/t18-,20+,21+,22+,23+/m0/s1. The summed E-state index contributed by atoms with van der Waals surface area (Å²) >= 11 is 0. The first-order valence-electron chi connectivity index (χ1n) is 13.9. The number of rotatable bonds is 8. The van der Waals surface area contributed by atoms with Gasteiger partial charge >= 0.3 is 18.2 Å². The number of carbonyl (C=O) groups excluding carboxylic acids is 4. The Hall–Kier alpha value is -3.67. The van der Waals surface area contributed by atoms with Gasteiger partial charge in [0.15, 0.2) is 18.3 Å². The summed E-state index contributed by atoms with van der Waals surface area (Å²) in [6.07, 6.45) is 5.67. The average Bonchev–Trinajstić information content (AvgIpc) is 3.39. The SMILES string of the molecule is COC(=O)C1=C[C@H](N=[N+]=[N-])[C@@H](NC(C)=O)[C@H]([C@H](OC(=O)N(C2CCCCC2)C2CCCCC2)[C@H]2COC(=O)O2)O1. The maximum atomic E-state index is 14.0. The van der Waals surface area contributed by atoms with Gasteiger partial charge in [0.2, 0.25) is 11.7 Å². The van der Waals surface area contributed by atoms with Crippen LogP contribution in [0.15, 0.2) is 16.9 Å². The van der Waals surface area contributed by atoms with Gasteiger partial charge in [0.25, 0.3) is 0 Å². The van der Waals surface area contributed by atoms with Crippen molar-refractivity contribution in [3.05, 3.63) is 22.3 Å². The van der Waals surface area contributed by atoms with Crippen LogP contribution in [0.5, 0.6) is 0 Å². The quantitative estimate of drug-likeness (QED) is 0.152. The second-order valence-electron chi connectivity index (χ2n) is 10.6. The maximum Gasteiger partial charge on any atom is 0.508 e. The van der Waals surface area contributed by atoms with Crippen molar-refractivity contribution in [2.45, 2.75) is 114 Å². The molecule has 0 unspecified atom stereocenters. The maximum absolute atomic E-state index is 14.0. The van der Waals surface area contributed by atoms with E-state index in [9.17, 15) is 24.7 Å². The lowest BCUT2D eigenvalue weighted by atomic mass is 9.89. The lowest BCUT2D eigenvalue weighted by Crippen LogP contribution is -2.61. The number of hydrogen-bond acceptors (Lipinski definition) is 10. The molecule has 0 aromatic heterocycles. The van der Waals surface area contributed by atoms with E-state index in [1.165, 1.54) is 13.0 Å². The van der Waals surface area contributed by atoms with E-state index < -0.39 is 54.5 Å². The highest BCUT2D eigenvalue weighted by atomic mass is 16.8. The molecule has 2 amide bonds. The fourth-order valence-electron chi connectivity index (χ4n) is 6.12. The van der Waals surface area contributed by atoms with Gasteiger partial charge < -0.3 is 33.9 Å². The summed E-state index contributed by atoms with van der Waals surface area (Å²) in [6, 6.07) is -2.16. The fraction of sp³-hybridized carbons (Fsp3) is 0.769. The van der Waals surface area contributed by atoms with Gasteiger partial charge in [0.05, 0.1) is 19.2 Å². The minimum atomic E-state index is -1.32. The summed E-state index contributed by atoms with van der Waals surface area (Å²) in [6.45, 7) is 1.01. The zero-order valence-corrected chi connectivity index (χ0v) is 22.9. The Morgan fingerprint density at radius 2 is 1.70 bits per heavy atom. The Morgan fingerprint density at radius 1 is 1.07 bits per heavy atom. The van der Waals surface area contributed by atoms with Gasteiger partial charge in [-0.05, 0) is 37.3 Å². The van der Waals surface area contributed by atoms with Crippen molar-refractivity contribution in [2.75, 3.05) is 13.7 Å². The van der Waals surface area contributed by atoms with Crippen LogP contribution in [-0.4, -0.2) is 85.2 Å². The largest absolute Gasteiger partial charge is 0.508 e. The van der Waals surface area contributed by atoms with E-state index in [-0.39, 0.29) is 24.4 Å². The molecule has 14 heteroatoms. The zero-order chi connectivity index (χ0) is 28.6. The Morgan fingerprint density at radius 3 is 2.20 bits per heavy atom. The van der Waals surface area contributed by atoms with Gasteiger partial charge in [-0.25, -0.2) is 14.4 Å². The molecule has 2 aliphatic heterocycles. The van der Waals surface area contributed by atoms with Crippen LogP contribution in [0.4, 0.5) is 9.59 Å². The van der Waals surface area contributed by atoms with Crippen LogP contribution in [-0.2, 0) is 33.3 Å². The van der Waals surface area contributed by atoms with Gasteiger partial charge in [-0.3, -0.25) is 4.79 Å². The minimum absolute atomic E-state index is 0.00672. The molecular formula is C26H37N5O9. The van der Waals surface area contributed by atoms with Crippen molar-refractivity contribution in [3.63, 3.8) is 0 Å². The third kappa shape index (κ3) is 6.90. The number of hydrogen-bond donors (Lipinski definition) is 1. The molecule has 220 valence electrons. The molecule has 5 atom stereocenters. The molecule has 14 nitrogen and oxygen atoms in total. The van der Waals surface area contributed by atoms with Crippen LogP contribution in [0.1, 0.15) is 71.1 Å². The second-order valence-corrected chi connectivity index (χ2v) is 10.6. The third-order valence-corrected chi connectivity index (χ3v) is 7.94. The number of carbonyl (C=O) groups is 4. The molecule has 0 aromatic rings. The predicted octanol–water partition coefficient (Wildman–Crippen LogP) is 3.63. The molecule has 0 bridgehead atoms. The number of nitrogens with zero attached hydrogens (tertiary/aromatic N) is 4. The summed E-state index contributed by atoms with van der Waals surface area (Å²) in [5.74, 6) is -1.64. The van der Waals surface area contributed by atoms with Gasteiger partial charge in [-0.1, -0.05) is 43.6 Å². The monoisotopic (exact) mass is 563 g/mol. The van der Waals surface area contributed by atoms with Gasteiger partial charge in [0, 0.05) is 23.9 Å². The topological polar surface area (TPSA) is 178 Å². The van der Waals surface area contributed by atoms with Crippen molar-refractivity contribution in [1.82, 2.24) is 10.2 Å². The van der Waals surface area contributed by atoms with E-state index in [0.717, 1.165) is 71.3 Å². The number of methoxy groups -OCH3 is 1. The highest BCUT2D eigenvalue weighted by Gasteiger charge is 2.50. The molecule has 0 spiro atoms. The van der Waals surface area contributed by atoms with Gasteiger partial charge in [-0.2, -0.15) is 0 Å². The highest BCUT2D eigenvalue weighted by Crippen LogP contribution is 2.34. The molecule has 1 saturated heterocycles. The number of ether oxygens (including phenoxy) is 5. The summed E-state index contributed by atoms with van der Waals surface area (Å²) in [4.78, 5) is 55.3. The van der Waals surface area contributed by atoms with E-state index in [4.69, 9.17) is 23.7 Å². The molecular weight excluding hydrogens is 526 g/mol. The van der Waals surface area contributed by atoms with Crippen LogP contribution in [0.25, 0.3) is 10.4 Å². The summed E-state index contributed by atoms with van der Waals surface area (Å²) in [7, 11) is 1.15. The Kier molecular flexibility index (Phi) is 9.97. The van der Waals surface area contributed by atoms with Gasteiger partial charge in [-0.15, -0.1) is 0 Å². The molecule has 4 aliphatic rings. The van der Waals surface area contributed by atoms with Crippen molar-refractivity contribution in [2.24, 2.45) is 5.11 Å². The molecule has 0 aromatic carbocycles. The van der Waals surface area contributed by atoms with E-state index in [1.807, 2.05) is 4.90 Å². The molecule has 4 rings (SSSR count). The zero-order valence-electron chi connectivity index (χ0n) is 22.9. The lowest BCUT2D eigenvalue weighted by Gasteiger charge is -2.43. The molecule has 2 saturated carbocycles. The van der Waals surface area contributed by atoms with Crippen LogP contribution < -0.4 is 5.32 Å². The second kappa shape index (κ2) is 13.6. The number of amides is 2. The van der Waals surface area contributed by atoms with Crippen molar-refractivity contribution < 1.29 is 42.9 Å². The molecule has 3 fully saturated rings. The average molecular weight is 564 g/mol. The Labute approximate surface area is 232 Å².